The van der Waals surface area contributed by atoms with E-state index >= 15 is 0 Å². The summed E-state index contributed by atoms with van der Waals surface area (Å²) in [4.78, 5) is 5.96. The summed E-state index contributed by atoms with van der Waals surface area (Å²) in [6, 6.07) is 5.76. The fraction of sp³-hybridized carbons (Fsp3) is 0.400. The molecular formula is C20H19F3N4. The number of hydrogen-bond donors (Lipinski definition) is 0. The Hall–Kier alpha value is -2.75. The molecule has 7 heteroatoms. The van der Waals surface area contributed by atoms with E-state index in [2.05, 4.69) is 11.1 Å². The quantitative estimate of drug-likeness (QED) is 0.771. The molecule has 0 bridgehead atoms. The molecule has 140 valence electrons. The molecule has 1 fully saturated rings. The van der Waals surface area contributed by atoms with Gasteiger partial charge in [-0.1, -0.05) is 0 Å². The van der Waals surface area contributed by atoms with Crippen molar-refractivity contribution in [3.63, 3.8) is 0 Å². The van der Waals surface area contributed by atoms with Gasteiger partial charge in [-0.05, 0) is 43.5 Å². The highest BCUT2D eigenvalue weighted by Crippen LogP contribution is 2.43. The molecule has 2 aromatic rings. The van der Waals surface area contributed by atoms with Crippen LogP contribution in [0.3, 0.4) is 0 Å². The largest absolute Gasteiger partial charge is 0.343 e. The second-order valence-corrected chi connectivity index (χ2v) is 6.91. The lowest BCUT2D eigenvalue weighted by molar-refractivity contribution is 0.140. The molecule has 0 saturated heterocycles. The number of fused-ring (bicyclic) bond motifs is 1. The fourth-order valence-electron chi connectivity index (χ4n) is 3.88. The maximum atomic E-state index is 13.9. The Morgan fingerprint density at radius 3 is 2.67 bits per heavy atom. The van der Waals surface area contributed by atoms with Crippen LogP contribution in [0.15, 0.2) is 35.5 Å². The first-order chi connectivity index (χ1) is 13.2. The fourth-order valence-corrected chi connectivity index (χ4v) is 3.88. The van der Waals surface area contributed by atoms with Crippen LogP contribution in [-0.2, 0) is 0 Å². The maximum absolute atomic E-state index is 13.9. The zero-order valence-electron chi connectivity index (χ0n) is 14.7. The standard InChI is InChI=1S/C20H19F3N4/c21-10-15(11-22)26-8-2-7-25-20(26)19-17(12-24)16-9-13(23)5-6-18(16)27(19)14-3-1-4-14/h2,5-9,14-15,20H,1,3-4,10-11H2. The monoisotopic (exact) mass is 372 g/mol. The van der Waals surface area contributed by atoms with E-state index in [4.69, 9.17) is 0 Å². The van der Waals surface area contributed by atoms with Gasteiger partial charge in [0.25, 0.3) is 0 Å². The number of aromatic nitrogens is 1. The molecule has 1 aliphatic heterocycles. The van der Waals surface area contributed by atoms with Crippen molar-refractivity contribution >= 4 is 17.1 Å². The van der Waals surface area contributed by atoms with Crippen molar-refractivity contribution in [1.29, 1.82) is 5.26 Å². The lowest BCUT2D eigenvalue weighted by Gasteiger charge is -2.37. The van der Waals surface area contributed by atoms with Crippen molar-refractivity contribution in [2.24, 2.45) is 4.99 Å². The average Bonchev–Trinajstić information content (AvgIpc) is 2.95. The van der Waals surface area contributed by atoms with Crippen molar-refractivity contribution in [2.75, 3.05) is 13.3 Å². The number of hydrogen-bond acceptors (Lipinski definition) is 3. The van der Waals surface area contributed by atoms with Gasteiger partial charge < -0.3 is 9.47 Å². The van der Waals surface area contributed by atoms with E-state index in [1.54, 1.807) is 24.6 Å². The summed E-state index contributed by atoms with van der Waals surface area (Å²) in [5.41, 5.74) is 1.65. The number of nitriles is 1. The molecule has 4 rings (SSSR count). The molecule has 0 spiro atoms. The molecular weight excluding hydrogens is 353 g/mol. The van der Waals surface area contributed by atoms with Gasteiger partial charge in [0.05, 0.1) is 22.8 Å². The predicted molar refractivity (Wildman–Crippen MR) is 97.4 cm³/mol. The summed E-state index contributed by atoms with van der Waals surface area (Å²) in [5.74, 6) is -0.425. The third-order valence-electron chi connectivity index (χ3n) is 5.43. The first-order valence-corrected chi connectivity index (χ1v) is 9.02. The summed E-state index contributed by atoms with van der Waals surface area (Å²) in [7, 11) is 0. The van der Waals surface area contributed by atoms with Gasteiger partial charge in [0.15, 0.2) is 6.17 Å². The summed E-state index contributed by atoms with van der Waals surface area (Å²) in [5, 5.41) is 10.4. The summed E-state index contributed by atoms with van der Waals surface area (Å²) in [6.07, 6.45) is 7.03. The zero-order chi connectivity index (χ0) is 19.0. The van der Waals surface area contributed by atoms with E-state index in [0.29, 0.717) is 16.6 Å². The van der Waals surface area contributed by atoms with Crippen LogP contribution in [0.2, 0.25) is 0 Å². The summed E-state index contributed by atoms with van der Waals surface area (Å²) >= 11 is 0. The van der Waals surface area contributed by atoms with E-state index in [1.165, 1.54) is 17.0 Å². The molecule has 1 aliphatic carbocycles. The minimum absolute atomic E-state index is 0.173. The van der Waals surface area contributed by atoms with Gasteiger partial charge in [-0.3, -0.25) is 4.99 Å². The van der Waals surface area contributed by atoms with Crippen molar-refractivity contribution in [3.8, 4) is 6.07 Å². The van der Waals surface area contributed by atoms with Gasteiger partial charge in [-0.25, -0.2) is 13.2 Å². The first-order valence-electron chi connectivity index (χ1n) is 9.02. The minimum atomic E-state index is -0.986. The highest BCUT2D eigenvalue weighted by atomic mass is 19.1. The van der Waals surface area contributed by atoms with Crippen LogP contribution >= 0.6 is 0 Å². The Bertz CT molecular complexity index is 948. The van der Waals surface area contributed by atoms with Crippen LogP contribution in [0.25, 0.3) is 10.9 Å². The van der Waals surface area contributed by atoms with Gasteiger partial charge in [0, 0.05) is 23.8 Å². The van der Waals surface area contributed by atoms with E-state index in [0.717, 1.165) is 24.8 Å². The molecule has 1 aromatic carbocycles. The molecule has 2 aliphatic rings. The Morgan fingerprint density at radius 2 is 2.04 bits per heavy atom. The molecule has 27 heavy (non-hydrogen) atoms. The Kier molecular flexibility index (Phi) is 4.65. The van der Waals surface area contributed by atoms with Gasteiger partial charge >= 0.3 is 0 Å². The van der Waals surface area contributed by atoms with Crippen LogP contribution in [0.5, 0.6) is 0 Å². The van der Waals surface area contributed by atoms with Gasteiger partial charge in [0.2, 0.25) is 0 Å². The van der Waals surface area contributed by atoms with E-state index in [1.807, 2.05) is 4.57 Å². The van der Waals surface area contributed by atoms with E-state index in [-0.39, 0.29) is 6.04 Å². The lowest BCUT2D eigenvalue weighted by atomic mass is 9.92. The third-order valence-corrected chi connectivity index (χ3v) is 5.43. The van der Waals surface area contributed by atoms with Gasteiger partial charge in [-0.15, -0.1) is 0 Å². The SMILES string of the molecule is N#Cc1c(C2N=CC=CN2C(CF)CF)n(C2CCC2)c2ccc(F)cc12. The highest BCUT2D eigenvalue weighted by Gasteiger charge is 2.35. The molecule has 4 nitrogen and oxygen atoms in total. The first kappa shape index (κ1) is 17.7. The normalized spacial score (nSPS) is 19.7. The third kappa shape index (κ3) is 2.80. The summed E-state index contributed by atoms with van der Waals surface area (Å²) in [6.45, 7) is -1.74. The number of halogens is 3. The van der Waals surface area contributed by atoms with Gasteiger partial charge in [0.1, 0.15) is 25.2 Å². The summed E-state index contributed by atoms with van der Waals surface area (Å²) < 4.78 is 42.7. The molecule has 1 aromatic heterocycles. The number of allylic oxidation sites excluding steroid dienone is 1. The van der Waals surface area contributed by atoms with Crippen molar-refractivity contribution < 1.29 is 13.2 Å². The smallest absolute Gasteiger partial charge is 0.163 e. The number of benzene rings is 1. The number of rotatable bonds is 5. The van der Waals surface area contributed by atoms with Crippen LogP contribution in [-0.4, -0.2) is 35.1 Å². The lowest BCUT2D eigenvalue weighted by Crippen LogP contribution is -2.39. The predicted octanol–water partition coefficient (Wildman–Crippen LogP) is 4.58. The maximum Gasteiger partial charge on any atom is 0.163 e. The minimum Gasteiger partial charge on any atom is -0.343 e. The Balaban J connectivity index is 1.95. The molecule has 0 radical (unpaired) electrons. The molecule has 2 heterocycles. The molecule has 1 unspecified atom stereocenters. The number of nitrogens with zero attached hydrogens (tertiary/aromatic N) is 4. The van der Waals surface area contributed by atoms with Crippen molar-refractivity contribution in [2.45, 2.75) is 37.5 Å². The molecule has 1 atom stereocenters. The zero-order valence-corrected chi connectivity index (χ0v) is 14.7. The number of alkyl halides is 2. The number of aliphatic imine (C=N–C) groups is 1. The second-order valence-electron chi connectivity index (χ2n) is 6.91. The molecule has 1 saturated carbocycles. The molecule has 0 N–H and O–H groups in total. The van der Waals surface area contributed by atoms with Crippen LogP contribution in [0.1, 0.15) is 42.7 Å². The Labute approximate surface area is 155 Å². The van der Waals surface area contributed by atoms with E-state index < -0.39 is 31.4 Å². The second kappa shape index (κ2) is 7.10. The van der Waals surface area contributed by atoms with E-state index in [9.17, 15) is 18.4 Å². The van der Waals surface area contributed by atoms with Crippen molar-refractivity contribution in [1.82, 2.24) is 9.47 Å². The van der Waals surface area contributed by atoms with Crippen LogP contribution < -0.4 is 0 Å². The topological polar surface area (TPSA) is 44.3 Å². The van der Waals surface area contributed by atoms with Crippen LogP contribution in [0.4, 0.5) is 13.2 Å². The molecule has 0 amide bonds. The highest BCUT2D eigenvalue weighted by molar-refractivity contribution is 5.89. The van der Waals surface area contributed by atoms with Crippen LogP contribution in [0, 0.1) is 17.1 Å². The van der Waals surface area contributed by atoms with Gasteiger partial charge in [-0.2, -0.15) is 5.26 Å². The average molecular weight is 372 g/mol. The Morgan fingerprint density at radius 1 is 1.26 bits per heavy atom. The van der Waals surface area contributed by atoms with Crippen molar-refractivity contribution in [3.05, 3.63) is 47.5 Å².